The molecule has 0 radical (unpaired) electrons. The summed E-state index contributed by atoms with van der Waals surface area (Å²) in [5, 5.41) is 3.43. The molecule has 1 unspecified atom stereocenters. The molecule has 1 aromatic rings. The van der Waals surface area contributed by atoms with Crippen molar-refractivity contribution in [2.45, 2.75) is 25.7 Å². The number of nitrogens with one attached hydrogen (secondary N) is 1. The van der Waals surface area contributed by atoms with E-state index in [0.717, 1.165) is 25.9 Å². The predicted molar refractivity (Wildman–Crippen MR) is 60.7 cm³/mol. The third kappa shape index (κ3) is 1.62. The Morgan fingerprint density at radius 3 is 3.07 bits per heavy atom. The van der Waals surface area contributed by atoms with Crippen molar-refractivity contribution in [3.8, 4) is 0 Å². The topological polar surface area (TPSA) is 38.0 Å². The van der Waals surface area contributed by atoms with Gasteiger partial charge in [-0.2, -0.15) is 0 Å². The number of anilines is 1. The van der Waals surface area contributed by atoms with Crippen molar-refractivity contribution < 1.29 is 0 Å². The molecule has 0 aromatic heterocycles. The van der Waals surface area contributed by atoms with Crippen molar-refractivity contribution in [3.05, 3.63) is 29.3 Å². The second-order valence-corrected chi connectivity index (χ2v) is 3.93. The van der Waals surface area contributed by atoms with Gasteiger partial charge in [-0.3, -0.25) is 0 Å². The Kier molecular flexibility index (Phi) is 2.73. The standard InChI is InChI=1S/C12H18N2/c1-2-9-3-4-12-11(7-9)10(5-6-13)8-14-12/h3-4,7,10,14H,2,5-6,8,13H2,1H3. The Labute approximate surface area is 85.5 Å². The fourth-order valence-corrected chi connectivity index (χ4v) is 2.13. The molecule has 0 bridgehead atoms. The zero-order valence-corrected chi connectivity index (χ0v) is 8.72. The van der Waals surface area contributed by atoms with Gasteiger partial charge in [0, 0.05) is 18.2 Å². The van der Waals surface area contributed by atoms with Gasteiger partial charge in [-0.1, -0.05) is 19.1 Å². The zero-order valence-electron chi connectivity index (χ0n) is 8.72. The van der Waals surface area contributed by atoms with E-state index in [-0.39, 0.29) is 0 Å². The molecule has 1 aliphatic rings. The molecule has 14 heavy (non-hydrogen) atoms. The van der Waals surface area contributed by atoms with Crippen LogP contribution in [-0.4, -0.2) is 13.1 Å². The van der Waals surface area contributed by atoms with E-state index in [1.165, 1.54) is 16.8 Å². The van der Waals surface area contributed by atoms with Gasteiger partial charge in [-0.05, 0) is 36.6 Å². The summed E-state index contributed by atoms with van der Waals surface area (Å²) in [5.41, 5.74) is 9.81. The fraction of sp³-hybridized carbons (Fsp3) is 0.500. The van der Waals surface area contributed by atoms with E-state index >= 15 is 0 Å². The highest BCUT2D eigenvalue weighted by atomic mass is 14.9. The molecule has 0 saturated heterocycles. The first-order valence-electron chi connectivity index (χ1n) is 5.42. The van der Waals surface area contributed by atoms with Gasteiger partial charge >= 0.3 is 0 Å². The molecule has 1 heterocycles. The van der Waals surface area contributed by atoms with E-state index in [2.05, 4.69) is 30.4 Å². The zero-order chi connectivity index (χ0) is 9.97. The summed E-state index contributed by atoms with van der Waals surface area (Å²) in [5.74, 6) is 0.626. The summed E-state index contributed by atoms with van der Waals surface area (Å²) in [6.45, 7) is 4.03. The molecule has 0 spiro atoms. The van der Waals surface area contributed by atoms with Crippen LogP contribution in [0, 0.1) is 0 Å². The van der Waals surface area contributed by atoms with Gasteiger partial charge in [-0.15, -0.1) is 0 Å². The van der Waals surface area contributed by atoms with Crippen LogP contribution < -0.4 is 11.1 Å². The van der Waals surface area contributed by atoms with Crippen LogP contribution >= 0.6 is 0 Å². The Morgan fingerprint density at radius 2 is 2.36 bits per heavy atom. The highest BCUT2D eigenvalue weighted by Gasteiger charge is 2.20. The molecule has 1 atom stereocenters. The van der Waals surface area contributed by atoms with Crippen LogP contribution in [0.5, 0.6) is 0 Å². The first kappa shape index (κ1) is 9.53. The van der Waals surface area contributed by atoms with E-state index in [0.29, 0.717) is 5.92 Å². The third-order valence-electron chi connectivity index (χ3n) is 3.02. The van der Waals surface area contributed by atoms with Crippen molar-refractivity contribution in [1.29, 1.82) is 0 Å². The first-order chi connectivity index (χ1) is 6.85. The molecular formula is C12H18N2. The second kappa shape index (κ2) is 4.01. The number of hydrogen-bond acceptors (Lipinski definition) is 2. The molecule has 0 amide bonds. The van der Waals surface area contributed by atoms with E-state index in [9.17, 15) is 0 Å². The van der Waals surface area contributed by atoms with Crippen molar-refractivity contribution in [2.75, 3.05) is 18.4 Å². The van der Waals surface area contributed by atoms with Gasteiger partial charge in [0.1, 0.15) is 0 Å². The lowest BCUT2D eigenvalue weighted by atomic mass is 9.96. The molecule has 2 nitrogen and oxygen atoms in total. The number of hydrogen-bond donors (Lipinski definition) is 2. The van der Waals surface area contributed by atoms with Gasteiger partial charge < -0.3 is 11.1 Å². The summed E-state index contributed by atoms with van der Waals surface area (Å²) in [6, 6.07) is 6.73. The lowest BCUT2D eigenvalue weighted by Gasteiger charge is -2.09. The Hall–Kier alpha value is -1.02. The molecule has 2 rings (SSSR count). The van der Waals surface area contributed by atoms with Gasteiger partial charge in [0.05, 0.1) is 0 Å². The van der Waals surface area contributed by atoms with Crippen LogP contribution in [0.25, 0.3) is 0 Å². The fourth-order valence-electron chi connectivity index (χ4n) is 2.13. The van der Waals surface area contributed by atoms with Crippen LogP contribution in [0.15, 0.2) is 18.2 Å². The summed E-state index contributed by atoms with van der Waals surface area (Å²) in [6.07, 6.45) is 2.20. The SMILES string of the molecule is CCc1ccc2c(c1)C(CCN)CN2. The van der Waals surface area contributed by atoms with E-state index < -0.39 is 0 Å². The first-order valence-corrected chi connectivity index (χ1v) is 5.42. The maximum absolute atomic E-state index is 5.61. The molecule has 1 aliphatic heterocycles. The Bertz CT molecular complexity index is 318. The smallest absolute Gasteiger partial charge is 0.0376 e. The lowest BCUT2D eigenvalue weighted by molar-refractivity contribution is 0.685. The van der Waals surface area contributed by atoms with E-state index in [1.807, 2.05) is 0 Å². The normalized spacial score (nSPS) is 19.1. The largest absolute Gasteiger partial charge is 0.384 e. The summed E-state index contributed by atoms with van der Waals surface area (Å²) >= 11 is 0. The van der Waals surface area contributed by atoms with Gasteiger partial charge in [0.15, 0.2) is 0 Å². The summed E-state index contributed by atoms with van der Waals surface area (Å²) in [7, 11) is 0. The number of fused-ring (bicyclic) bond motifs is 1. The van der Waals surface area contributed by atoms with Crippen molar-refractivity contribution in [2.24, 2.45) is 5.73 Å². The Balaban J connectivity index is 2.27. The van der Waals surface area contributed by atoms with Crippen molar-refractivity contribution in [1.82, 2.24) is 0 Å². The van der Waals surface area contributed by atoms with Gasteiger partial charge in [0.2, 0.25) is 0 Å². The predicted octanol–water partition coefficient (Wildman–Crippen LogP) is 2.11. The maximum Gasteiger partial charge on any atom is 0.0376 e. The van der Waals surface area contributed by atoms with Crippen molar-refractivity contribution in [3.63, 3.8) is 0 Å². The van der Waals surface area contributed by atoms with Crippen LogP contribution in [0.3, 0.4) is 0 Å². The number of nitrogens with two attached hydrogens (primary N) is 1. The highest BCUT2D eigenvalue weighted by Crippen LogP contribution is 2.33. The second-order valence-electron chi connectivity index (χ2n) is 3.93. The molecule has 3 N–H and O–H groups in total. The molecule has 2 heteroatoms. The van der Waals surface area contributed by atoms with Gasteiger partial charge in [-0.25, -0.2) is 0 Å². The minimum Gasteiger partial charge on any atom is -0.384 e. The maximum atomic E-state index is 5.61. The average molecular weight is 190 g/mol. The molecule has 0 aliphatic carbocycles. The van der Waals surface area contributed by atoms with Crippen LogP contribution in [0.2, 0.25) is 0 Å². The minimum absolute atomic E-state index is 0.626. The minimum atomic E-state index is 0.626. The highest BCUT2D eigenvalue weighted by molar-refractivity contribution is 5.58. The summed E-state index contributed by atoms with van der Waals surface area (Å²) < 4.78 is 0. The van der Waals surface area contributed by atoms with Crippen LogP contribution in [0.1, 0.15) is 30.4 Å². The summed E-state index contributed by atoms with van der Waals surface area (Å²) in [4.78, 5) is 0. The molecule has 0 fully saturated rings. The molecule has 0 saturated carbocycles. The van der Waals surface area contributed by atoms with Gasteiger partial charge in [0.25, 0.3) is 0 Å². The monoisotopic (exact) mass is 190 g/mol. The van der Waals surface area contributed by atoms with E-state index in [4.69, 9.17) is 5.73 Å². The quantitative estimate of drug-likeness (QED) is 0.766. The van der Waals surface area contributed by atoms with Crippen molar-refractivity contribution >= 4 is 5.69 Å². The lowest BCUT2D eigenvalue weighted by Crippen LogP contribution is -2.08. The number of rotatable bonds is 3. The number of aryl methyl sites for hydroxylation is 1. The molecule has 1 aromatic carbocycles. The van der Waals surface area contributed by atoms with Crippen LogP contribution in [-0.2, 0) is 6.42 Å². The third-order valence-corrected chi connectivity index (χ3v) is 3.02. The van der Waals surface area contributed by atoms with E-state index in [1.54, 1.807) is 0 Å². The Morgan fingerprint density at radius 1 is 1.50 bits per heavy atom. The van der Waals surface area contributed by atoms with Crippen LogP contribution in [0.4, 0.5) is 5.69 Å². The number of benzene rings is 1. The average Bonchev–Trinajstić information content (AvgIpc) is 2.61. The molecular weight excluding hydrogens is 172 g/mol. The molecule has 76 valence electrons.